The topological polar surface area (TPSA) is 128 Å². The molecule has 2 amide bonds. The summed E-state index contributed by atoms with van der Waals surface area (Å²) in [6, 6.07) is 1.29. The number of amides is 2. The Hall–Kier alpha value is -3.97. The van der Waals surface area contributed by atoms with Gasteiger partial charge in [0.1, 0.15) is 35.2 Å². The summed E-state index contributed by atoms with van der Waals surface area (Å²) in [7, 11) is 1.27. The van der Waals surface area contributed by atoms with Crippen molar-refractivity contribution >= 4 is 23.1 Å². The lowest BCUT2D eigenvalue weighted by Gasteiger charge is -2.17. The Bertz CT molecular complexity index is 1350. The summed E-state index contributed by atoms with van der Waals surface area (Å²) in [4.78, 5) is 34.0. The lowest BCUT2D eigenvalue weighted by molar-refractivity contribution is -0.134. The second-order valence-electron chi connectivity index (χ2n) is 8.42. The summed E-state index contributed by atoms with van der Waals surface area (Å²) in [5.74, 6) is -6.92. The SMILES string of the molecule is COc1ncc(-c2c(F)cc3c(N)ncnn23)cc1C(=O)N[C@@H]1CN(C(=O)C2CC2(F)F)C[C@@H]1F. The van der Waals surface area contributed by atoms with Gasteiger partial charge in [0.15, 0.2) is 11.6 Å². The molecule has 5 rings (SSSR count). The molecule has 10 nitrogen and oxygen atoms in total. The zero-order valence-electron chi connectivity index (χ0n) is 18.2. The lowest BCUT2D eigenvalue weighted by atomic mass is 10.1. The smallest absolute Gasteiger partial charge is 0.260 e. The molecular formula is C21H19F4N7O3. The Morgan fingerprint density at radius 3 is 2.69 bits per heavy atom. The molecule has 0 radical (unpaired) electrons. The molecule has 1 aliphatic heterocycles. The predicted octanol–water partition coefficient (Wildman–Crippen LogP) is 1.46. The third kappa shape index (κ3) is 3.88. The minimum absolute atomic E-state index is 0.0373. The van der Waals surface area contributed by atoms with Gasteiger partial charge < -0.3 is 20.7 Å². The number of nitrogens with two attached hydrogens (primary N) is 1. The van der Waals surface area contributed by atoms with Crippen LogP contribution in [0.3, 0.4) is 0 Å². The van der Waals surface area contributed by atoms with Gasteiger partial charge >= 0.3 is 0 Å². The second kappa shape index (κ2) is 8.06. The first kappa shape index (κ1) is 22.8. The molecule has 1 aliphatic carbocycles. The summed E-state index contributed by atoms with van der Waals surface area (Å²) in [6.07, 6.45) is 0.182. The molecule has 0 bridgehead atoms. The number of anilines is 1. The number of nitrogens with zero attached hydrogens (tertiary/aromatic N) is 5. The Kier molecular flexibility index (Phi) is 5.25. The third-order valence-corrected chi connectivity index (χ3v) is 6.12. The van der Waals surface area contributed by atoms with E-state index in [-0.39, 0.29) is 40.6 Å². The van der Waals surface area contributed by atoms with Crippen LogP contribution in [0.5, 0.6) is 5.88 Å². The summed E-state index contributed by atoms with van der Waals surface area (Å²) < 4.78 is 62.1. The Morgan fingerprint density at radius 1 is 1.26 bits per heavy atom. The van der Waals surface area contributed by atoms with Crippen LogP contribution in [-0.2, 0) is 4.79 Å². The summed E-state index contributed by atoms with van der Waals surface area (Å²) in [5, 5.41) is 6.45. The number of hydrogen-bond acceptors (Lipinski definition) is 7. The molecule has 35 heavy (non-hydrogen) atoms. The van der Waals surface area contributed by atoms with Gasteiger partial charge in [0, 0.05) is 30.8 Å². The number of aromatic nitrogens is 4. The van der Waals surface area contributed by atoms with Crippen LogP contribution in [-0.4, -0.2) is 74.6 Å². The Labute approximate surface area is 195 Å². The third-order valence-electron chi connectivity index (χ3n) is 6.12. The minimum atomic E-state index is -3.07. The van der Waals surface area contributed by atoms with Gasteiger partial charge in [-0.25, -0.2) is 32.0 Å². The average molecular weight is 493 g/mol. The number of hydrogen-bond donors (Lipinski definition) is 2. The normalized spacial score (nSPS) is 22.9. The Balaban J connectivity index is 1.40. The molecule has 1 saturated carbocycles. The van der Waals surface area contributed by atoms with Crippen molar-refractivity contribution in [3.05, 3.63) is 36.0 Å². The van der Waals surface area contributed by atoms with Crippen molar-refractivity contribution in [1.82, 2.24) is 29.8 Å². The van der Waals surface area contributed by atoms with Crippen LogP contribution in [0.2, 0.25) is 0 Å². The molecule has 3 aromatic heterocycles. The van der Waals surface area contributed by atoms with Gasteiger partial charge in [0.25, 0.3) is 11.8 Å². The van der Waals surface area contributed by atoms with E-state index in [1.54, 1.807) is 0 Å². The van der Waals surface area contributed by atoms with Crippen LogP contribution in [0.1, 0.15) is 16.8 Å². The molecule has 3 aromatic rings. The van der Waals surface area contributed by atoms with E-state index in [0.29, 0.717) is 0 Å². The number of fused-ring (bicyclic) bond motifs is 1. The zero-order chi connectivity index (χ0) is 25.1. The molecule has 3 atom stereocenters. The van der Waals surface area contributed by atoms with E-state index in [9.17, 15) is 27.2 Å². The molecule has 0 aromatic carbocycles. The lowest BCUT2D eigenvalue weighted by Crippen LogP contribution is -2.42. The van der Waals surface area contributed by atoms with Gasteiger partial charge in [-0.1, -0.05) is 0 Å². The van der Waals surface area contributed by atoms with E-state index < -0.39 is 54.7 Å². The van der Waals surface area contributed by atoms with Crippen molar-refractivity contribution in [2.45, 2.75) is 24.6 Å². The highest BCUT2D eigenvalue weighted by atomic mass is 19.3. The van der Waals surface area contributed by atoms with Crippen molar-refractivity contribution in [1.29, 1.82) is 0 Å². The molecule has 2 aliphatic rings. The van der Waals surface area contributed by atoms with Crippen molar-refractivity contribution in [2.75, 3.05) is 25.9 Å². The largest absolute Gasteiger partial charge is 0.480 e. The number of carbonyl (C=O) groups is 2. The first-order valence-electron chi connectivity index (χ1n) is 10.5. The molecule has 4 heterocycles. The van der Waals surface area contributed by atoms with Crippen LogP contribution in [0.4, 0.5) is 23.4 Å². The van der Waals surface area contributed by atoms with Crippen LogP contribution < -0.4 is 15.8 Å². The predicted molar refractivity (Wildman–Crippen MR) is 113 cm³/mol. The van der Waals surface area contributed by atoms with Crippen molar-refractivity contribution in [3.8, 4) is 17.1 Å². The number of methoxy groups -OCH3 is 1. The van der Waals surface area contributed by atoms with E-state index in [4.69, 9.17) is 10.5 Å². The number of ether oxygens (including phenoxy) is 1. The molecule has 184 valence electrons. The Morgan fingerprint density at radius 2 is 2.00 bits per heavy atom. The van der Waals surface area contributed by atoms with E-state index in [1.165, 1.54) is 23.9 Å². The van der Waals surface area contributed by atoms with Crippen molar-refractivity contribution in [3.63, 3.8) is 0 Å². The van der Waals surface area contributed by atoms with E-state index in [0.717, 1.165) is 17.3 Å². The molecule has 1 saturated heterocycles. The molecule has 3 N–H and O–H groups in total. The van der Waals surface area contributed by atoms with Gasteiger partial charge in [-0.05, 0) is 6.07 Å². The quantitative estimate of drug-likeness (QED) is 0.515. The summed E-state index contributed by atoms with van der Waals surface area (Å²) >= 11 is 0. The number of rotatable bonds is 5. The van der Waals surface area contributed by atoms with E-state index in [1.807, 2.05) is 0 Å². The number of halogens is 4. The highest BCUT2D eigenvalue weighted by Gasteiger charge is 2.63. The van der Waals surface area contributed by atoms with Crippen LogP contribution in [0.25, 0.3) is 16.8 Å². The van der Waals surface area contributed by atoms with Gasteiger partial charge in [-0.3, -0.25) is 9.59 Å². The first-order chi connectivity index (χ1) is 16.6. The zero-order valence-corrected chi connectivity index (χ0v) is 18.2. The number of alkyl halides is 3. The van der Waals surface area contributed by atoms with Crippen molar-refractivity contribution in [2.24, 2.45) is 5.92 Å². The first-order valence-corrected chi connectivity index (χ1v) is 10.5. The van der Waals surface area contributed by atoms with Gasteiger partial charge in [-0.15, -0.1) is 0 Å². The maximum atomic E-state index is 14.8. The number of pyridine rings is 1. The number of likely N-dealkylation sites (tertiary alicyclic amines) is 1. The van der Waals surface area contributed by atoms with Crippen LogP contribution >= 0.6 is 0 Å². The van der Waals surface area contributed by atoms with E-state index >= 15 is 0 Å². The fourth-order valence-electron chi connectivity index (χ4n) is 4.17. The average Bonchev–Trinajstić information content (AvgIpc) is 3.11. The van der Waals surface area contributed by atoms with Crippen LogP contribution in [0, 0.1) is 11.7 Å². The number of carbonyl (C=O) groups excluding carboxylic acids is 2. The van der Waals surface area contributed by atoms with Gasteiger partial charge in [0.2, 0.25) is 11.8 Å². The standard InChI is InChI=1S/C21H19F4N7O3/c1-35-19-10(2-9(5-27-19)16-12(22)3-15-17(26)28-8-29-32(15)16)18(33)30-14-7-31(6-13(14)23)20(34)11-4-21(11,24)25/h2-3,5,8,11,13-14H,4,6-7H2,1H3,(H,30,33)(H2,26,28,29)/t11?,13-,14+/m0/s1. The highest BCUT2D eigenvalue weighted by molar-refractivity contribution is 5.98. The van der Waals surface area contributed by atoms with E-state index in [2.05, 4.69) is 20.4 Å². The summed E-state index contributed by atoms with van der Waals surface area (Å²) in [5.41, 5.74) is 5.96. The molecule has 14 heteroatoms. The van der Waals surface area contributed by atoms with Gasteiger partial charge in [0.05, 0.1) is 19.7 Å². The highest BCUT2D eigenvalue weighted by Crippen LogP contribution is 2.49. The maximum absolute atomic E-state index is 14.8. The fraction of sp³-hybridized carbons (Fsp3) is 0.381. The molecular weight excluding hydrogens is 474 g/mol. The van der Waals surface area contributed by atoms with Gasteiger partial charge in [-0.2, -0.15) is 5.10 Å². The number of nitrogens with one attached hydrogen (secondary N) is 1. The maximum Gasteiger partial charge on any atom is 0.260 e. The molecule has 0 spiro atoms. The molecule has 2 fully saturated rings. The monoisotopic (exact) mass is 493 g/mol. The second-order valence-corrected chi connectivity index (χ2v) is 8.42. The minimum Gasteiger partial charge on any atom is -0.480 e. The van der Waals surface area contributed by atoms with Crippen LogP contribution in [0.15, 0.2) is 24.7 Å². The number of nitrogen functional groups attached to an aromatic ring is 1. The summed E-state index contributed by atoms with van der Waals surface area (Å²) in [6.45, 7) is -0.670. The van der Waals surface area contributed by atoms with Crippen molar-refractivity contribution < 1.29 is 31.9 Å². The fourth-order valence-corrected chi connectivity index (χ4v) is 4.17. The molecule has 1 unspecified atom stereocenters.